The first-order valence-electron chi connectivity index (χ1n) is 5.54. The largest absolute Gasteiger partial charge is 0.345 e. The number of nitrogens with zero attached hydrogens (tertiary/aromatic N) is 2. The summed E-state index contributed by atoms with van der Waals surface area (Å²) >= 11 is 0. The Morgan fingerprint density at radius 1 is 1.56 bits per heavy atom. The summed E-state index contributed by atoms with van der Waals surface area (Å²) in [7, 11) is 1.84. The van der Waals surface area contributed by atoms with E-state index in [1.54, 1.807) is 11.1 Å². The van der Waals surface area contributed by atoms with Crippen molar-refractivity contribution in [3.63, 3.8) is 0 Å². The molecule has 0 saturated heterocycles. The standard InChI is InChI=1S/C13H18N2O/c1-3-13(16)15(2)10-5-4-7-12-8-6-9-14-11-12/h4,6-9,11H,3,5,10H2,1-2H3. The van der Waals surface area contributed by atoms with Gasteiger partial charge >= 0.3 is 0 Å². The van der Waals surface area contributed by atoms with Gasteiger partial charge in [0.25, 0.3) is 0 Å². The van der Waals surface area contributed by atoms with Crippen molar-refractivity contribution in [1.82, 2.24) is 9.88 Å². The molecule has 0 aliphatic carbocycles. The molecule has 0 N–H and O–H groups in total. The zero-order valence-electron chi connectivity index (χ0n) is 9.89. The van der Waals surface area contributed by atoms with Crippen molar-refractivity contribution >= 4 is 12.0 Å². The highest BCUT2D eigenvalue weighted by molar-refractivity contribution is 5.75. The fourth-order valence-electron chi connectivity index (χ4n) is 1.36. The van der Waals surface area contributed by atoms with Gasteiger partial charge in [0.15, 0.2) is 0 Å². The number of pyridine rings is 1. The number of rotatable bonds is 5. The lowest BCUT2D eigenvalue weighted by Crippen LogP contribution is -2.26. The summed E-state index contributed by atoms with van der Waals surface area (Å²) in [5.41, 5.74) is 1.09. The third kappa shape index (κ3) is 4.26. The van der Waals surface area contributed by atoms with Gasteiger partial charge in [0.1, 0.15) is 0 Å². The van der Waals surface area contributed by atoms with Crippen molar-refractivity contribution in [2.24, 2.45) is 0 Å². The van der Waals surface area contributed by atoms with E-state index < -0.39 is 0 Å². The average Bonchev–Trinajstić information content (AvgIpc) is 2.34. The predicted octanol–water partition coefficient (Wildman–Crippen LogP) is 2.35. The fourth-order valence-corrected chi connectivity index (χ4v) is 1.36. The van der Waals surface area contributed by atoms with Crippen LogP contribution in [0.4, 0.5) is 0 Å². The van der Waals surface area contributed by atoms with Crippen molar-refractivity contribution in [3.05, 3.63) is 36.2 Å². The van der Waals surface area contributed by atoms with E-state index in [0.717, 1.165) is 18.5 Å². The molecular weight excluding hydrogens is 200 g/mol. The number of carbonyl (C=O) groups excluding carboxylic acids is 1. The van der Waals surface area contributed by atoms with Crippen LogP contribution in [0.3, 0.4) is 0 Å². The lowest BCUT2D eigenvalue weighted by molar-refractivity contribution is -0.129. The van der Waals surface area contributed by atoms with E-state index >= 15 is 0 Å². The molecule has 0 aliphatic rings. The molecule has 1 amide bonds. The first-order chi connectivity index (χ1) is 7.74. The Hall–Kier alpha value is -1.64. The molecule has 1 aromatic rings. The number of aromatic nitrogens is 1. The molecule has 1 rings (SSSR count). The van der Waals surface area contributed by atoms with Gasteiger partial charge in [0.2, 0.25) is 5.91 Å². The van der Waals surface area contributed by atoms with Gasteiger partial charge < -0.3 is 4.90 Å². The molecule has 0 bridgehead atoms. The molecule has 16 heavy (non-hydrogen) atoms. The number of amides is 1. The first-order valence-corrected chi connectivity index (χ1v) is 5.54. The minimum atomic E-state index is 0.190. The summed E-state index contributed by atoms with van der Waals surface area (Å²) in [5.74, 6) is 0.190. The van der Waals surface area contributed by atoms with Gasteiger partial charge in [-0.1, -0.05) is 25.1 Å². The first kappa shape index (κ1) is 12.4. The van der Waals surface area contributed by atoms with Gasteiger partial charge in [-0.15, -0.1) is 0 Å². The van der Waals surface area contributed by atoms with E-state index in [-0.39, 0.29) is 5.91 Å². The highest BCUT2D eigenvalue weighted by Crippen LogP contribution is 2.00. The van der Waals surface area contributed by atoms with Crippen LogP contribution in [0, 0.1) is 0 Å². The van der Waals surface area contributed by atoms with E-state index in [4.69, 9.17) is 0 Å². The van der Waals surface area contributed by atoms with Crippen LogP contribution in [0.15, 0.2) is 30.6 Å². The van der Waals surface area contributed by atoms with Gasteiger partial charge in [-0.2, -0.15) is 0 Å². The Kier molecular flexibility index (Phi) is 5.26. The van der Waals surface area contributed by atoms with E-state index in [2.05, 4.69) is 11.1 Å². The van der Waals surface area contributed by atoms with E-state index in [1.807, 2.05) is 38.4 Å². The predicted molar refractivity (Wildman–Crippen MR) is 65.8 cm³/mol. The monoisotopic (exact) mass is 218 g/mol. The number of hydrogen-bond donors (Lipinski definition) is 0. The molecule has 0 aliphatic heterocycles. The molecule has 3 nitrogen and oxygen atoms in total. The lowest BCUT2D eigenvalue weighted by atomic mass is 10.2. The topological polar surface area (TPSA) is 33.2 Å². The van der Waals surface area contributed by atoms with Crippen molar-refractivity contribution < 1.29 is 4.79 Å². The summed E-state index contributed by atoms with van der Waals surface area (Å²) in [4.78, 5) is 17.0. The van der Waals surface area contributed by atoms with Crippen molar-refractivity contribution in [2.45, 2.75) is 19.8 Å². The van der Waals surface area contributed by atoms with Gasteiger partial charge in [-0.05, 0) is 18.1 Å². The van der Waals surface area contributed by atoms with Crippen LogP contribution in [0.1, 0.15) is 25.3 Å². The highest BCUT2D eigenvalue weighted by Gasteiger charge is 2.02. The Balaban J connectivity index is 2.31. The Morgan fingerprint density at radius 2 is 2.38 bits per heavy atom. The molecular formula is C13H18N2O. The lowest BCUT2D eigenvalue weighted by Gasteiger charge is -2.14. The van der Waals surface area contributed by atoms with Gasteiger partial charge in [0.05, 0.1) is 0 Å². The van der Waals surface area contributed by atoms with Crippen LogP contribution >= 0.6 is 0 Å². The van der Waals surface area contributed by atoms with Gasteiger partial charge in [-0.3, -0.25) is 9.78 Å². The van der Waals surface area contributed by atoms with Crippen molar-refractivity contribution in [1.29, 1.82) is 0 Å². The molecule has 0 radical (unpaired) electrons. The molecule has 1 heterocycles. The van der Waals surface area contributed by atoms with E-state index in [9.17, 15) is 4.79 Å². The minimum Gasteiger partial charge on any atom is -0.345 e. The van der Waals surface area contributed by atoms with Crippen molar-refractivity contribution in [2.75, 3.05) is 13.6 Å². The minimum absolute atomic E-state index is 0.190. The van der Waals surface area contributed by atoms with Crippen molar-refractivity contribution in [3.8, 4) is 0 Å². The number of carbonyl (C=O) groups is 1. The normalized spacial score (nSPS) is 10.6. The molecule has 0 spiro atoms. The molecule has 3 heteroatoms. The highest BCUT2D eigenvalue weighted by atomic mass is 16.2. The summed E-state index contributed by atoms with van der Waals surface area (Å²) < 4.78 is 0. The second-order valence-corrected chi connectivity index (χ2v) is 3.65. The zero-order valence-corrected chi connectivity index (χ0v) is 9.89. The maximum Gasteiger partial charge on any atom is 0.222 e. The third-order valence-corrected chi connectivity index (χ3v) is 2.35. The zero-order chi connectivity index (χ0) is 11.8. The Morgan fingerprint density at radius 3 is 3.00 bits per heavy atom. The van der Waals surface area contributed by atoms with Crippen LogP contribution in [-0.2, 0) is 4.79 Å². The third-order valence-electron chi connectivity index (χ3n) is 2.35. The molecule has 0 saturated carbocycles. The van der Waals surface area contributed by atoms with Crippen LogP contribution in [-0.4, -0.2) is 29.4 Å². The number of hydrogen-bond acceptors (Lipinski definition) is 2. The fraction of sp³-hybridized carbons (Fsp3) is 0.385. The Bertz CT molecular complexity index is 346. The smallest absolute Gasteiger partial charge is 0.222 e. The van der Waals surface area contributed by atoms with Gasteiger partial charge in [0, 0.05) is 32.4 Å². The maximum absolute atomic E-state index is 11.3. The molecule has 0 aromatic carbocycles. The summed E-state index contributed by atoms with van der Waals surface area (Å²) in [5, 5.41) is 0. The average molecular weight is 218 g/mol. The van der Waals surface area contributed by atoms with Gasteiger partial charge in [-0.25, -0.2) is 0 Å². The summed E-state index contributed by atoms with van der Waals surface area (Å²) in [6.07, 6.45) is 9.11. The molecule has 0 atom stereocenters. The van der Waals surface area contributed by atoms with E-state index in [1.165, 1.54) is 0 Å². The Labute approximate surface area is 96.8 Å². The quantitative estimate of drug-likeness (QED) is 0.760. The van der Waals surface area contributed by atoms with E-state index in [0.29, 0.717) is 6.42 Å². The SMILES string of the molecule is CCC(=O)N(C)CCC=Cc1cccnc1. The van der Waals surface area contributed by atoms with Crippen LogP contribution in [0.5, 0.6) is 0 Å². The van der Waals surface area contributed by atoms with Crippen LogP contribution in [0.25, 0.3) is 6.08 Å². The molecule has 1 aromatic heterocycles. The summed E-state index contributed by atoms with van der Waals surface area (Å²) in [6, 6.07) is 3.91. The molecule has 0 fully saturated rings. The maximum atomic E-state index is 11.3. The molecule has 0 unspecified atom stereocenters. The van der Waals surface area contributed by atoms with Crippen LogP contribution in [0.2, 0.25) is 0 Å². The summed E-state index contributed by atoms with van der Waals surface area (Å²) in [6.45, 7) is 2.65. The van der Waals surface area contributed by atoms with Crippen LogP contribution < -0.4 is 0 Å². The molecule has 86 valence electrons. The second-order valence-electron chi connectivity index (χ2n) is 3.65. The second kappa shape index (κ2) is 6.77.